The van der Waals surface area contributed by atoms with Crippen LogP contribution in [0.15, 0.2) is 0 Å². The van der Waals surface area contributed by atoms with Gasteiger partial charge in [-0.25, -0.2) is 0 Å². The predicted molar refractivity (Wildman–Crippen MR) is 65.5 cm³/mol. The Morgan fingerprint density at radius 1 is 1.41 bits per heavy atom. The van der Waals surface area contributed by atoms with Gasteiger partial charge in [0.05, 0.1) is 11.1 Å². The number of nitrogens with two attached hydrogens (primary N) is 1. The minimum absolute atomic E-state index is 0.180. The third-order valence-electron chi connectivity index (χ3n) is 3.73. The van der Waals surface area contributed by atoms with E-state index in [4.69, 9.17) is 10.5 Å². The first-order valence-electron chi connectivity index (χ1n) is 6.33. The van der Waals surface area contributed by atoms with Crippen LogP contribution in [-0.4, -0.2) is 41.9 Å². The average molecular weight is 244 g/mol. The molecule has 1 aliphatic heterocycles. The Hall–Kier alpha value is -0.650. The second-order valence-electron chi connectivity index (χ2n) is 4.88. The van der Waals surface area contributed by atoms with Crippen molar-refractivity contribution in [2.45, 2.75) is 50.7 Å². The number of amides is 1. The summed E-state index contributed by atoms with van der Waals surface area (Å²) in [7, 11) is 0. The molecular formula is C12H24N2O3. The van der Waals surface area contributed by atoms with Crippen LogP contribution >= 0.6 is 0 Å². The van der Waals surface area contributed by atoms with Gasteiger partial charge in [0, 0.05) is 19.8 Å². The maximum atomic E-state index is 12.0. The van der Waals surface area contributed by atoms with Gasteiger partial charge in [0.1, 0.15) is 0 Å². The number of carbonyl (C=O) groups is 1. The van der Waals surface area contributed by atoms with Crippen molar-refractivity contribution in [3.05, 3.63) is 0 Å². The van der Waals surface area contributed by atoms with Gasteiger partial charge in [0.25, 0.3) is 0 Å². The highest BCUT2D eigenvalue weighted by Crippen LogP contribution is 2.19. The minimum Gasteiger partial charge on any atom is -0.388 e. The molecule has 0 aliphatic carbocycles. The van der Waals surface area contributed by atoms with E-state index in [1.54, 1.807) is 0 Å². The van der Waals surface area contributed by atoms with Crippen LogP contribution in [-0.2, 0) is 9.53 Å². The van der Waals surface area contributed by atoms with Gasteiger partial charge < -0.3 is 20.9 Å². The molecule has 1 fully saturated rings. The zero-order chi connectivity index (χ0) is 12.9. The number of aliphatic hydroxyl groups is 1. The molecule has 4 N–H and O–H groups in total. The van der Waals surface area contributed by atoms with Gasteiger partial charge in [-0.05, 0) is 25.7 Å². The first-order valence-corrected chi connectivity index (χ1v) is 6.33. The van der Waals surface area contributed by atoms with E-state index in [9.17, 15) is 9.90 Å². The number of hydrogen-bond donors (Lipinski definition) is 3. The Bertz CT molecular complexity index is 258. The zero-order valence-electron chi connectivity index (χ0n) is 10.8. The van der Waals surface area contributed by atoms with Crippen molar-refractivity contribution < 1.29 is 14.6 Å². The van der Waals surface area contributed by atoms with Gasteiger partial charge in [-0.2, -0.15) is 0 Å². The lowest BCUT2D eigenvalue weighted by molar-refractivity contribution is -0.131. The maximum absolute atomic E-state index is 12.0. The lowest BCUT2D eigenvalue weighted by Gasteiger charge is -2.33. The van der Waals surface area contributed by atoms with E-state index in [2.05, 4.69) is 5.32 Å². The van der Waals surface area contributed by atoms with E-state index in [0.717, 1.165) is 0 Å². The second kappa shape index (κ2) is 5.80. The maximum Gasteiger partial charge on any atom is 0.240 e. The molecule has 0 saturated carbocycles. The molecule has 0 aromatic heterocycles. The number of nitrogens with one attached hydrogen (secondary N) is 1. The second-order valence-corrected chi connectivity index (χ2v) is 4.88. The predicted octanol–water partition coefficient (Wildman–Crippen LogP) is 0.162. The van der Waals surface area contributed by atoms with Crippen LogP contribution in [0.1, 0.15) is 39.5 Å². The molecule has 0 spiro atoms. The van der Waals surface area contributed by atoms with E-state index in [0.29, 0.717) is 38.9 Å². The van der Waals surface area contributed by atoms with Crippen molar-refractivity contribution in [1.82, 2.24) is 5.32 Å². The van der Waals surface area contributed by atoms with Crippen LogP contribution in [0.3, 0.4) is 0 Å². The summed E-state index contributed by atoms with van der Waals surface area (Å²) in [6, 6.07) is 0. The Morgan fingerprint density at radius 3 is 2.41 bits per heavy atom. The number of ether oxygens (including phenoxy) is 1. The third-order valence-corrected chi connectivity index (χ3v) is 3.73. The lowest BCUT2D eigenvalue weighted by atomic mass is 9.89. The minimum atomic E-state index is -0.833. The van der Waals surface area contributed by atoms with E-state index in [1.807, 2.05) is 13.8 Å². The van der Waals surface area contributed by atoms with Crippen molar-refractivity contribution in [2.24, 2.45) is 5.73 Å². The van der Waals surface area contributed by atoms with Crippen LogP contribution in [0.2, 0.25) is 0 Å². The molecule has 0 radical (unpaired) electrons. The van der Waals surface area contributed by atoms with E-state index in [1.165, 1.54) is 0 Å². The lowest BCUT2D eigenvalue weighted by Crippen LogP contribution is -2.58. The molecule has 0 aromatic carbocycles. The number of carbonyl (C=O) groups excluding carboxylic acids is 1. The van der Waals surface area contributed by atoms with E-state index in [-0.39, 0.29) is 12.5 Å². The van der Waals surface area contributed by atoms with Gasteiger partial charge >= 0.3 is 0 Å². The molecule has 17 heavy (non-hydrogen) atoms. The SMILES string of the molecule is CCC(O)(CC)CNC(=O)C1(N)CCOCC1. The number of hydrogen-bond acceptors (Lipinski definition) is 4. The van der Waals surface area contributed by atoms with Crippen LogP contribution < -0.4 is 11.1 Å². The molecule has 5 heteroatoms. The number of rotatable bonds is 5. The van der Waals surface area contributed by atoms with E-state index >= 15 is 0 Å². The van der Waals surface area contributed by atoms with Gasteiger partial charge in [0.15, 0.2) is 0 Å². The van der Waals surface area contributed by atoms with Crippen molar-refractivity contribution in [3.8, 4) is 0 Å². The molecule has 1 aliphatic rings. The molecule has 1 heterocycles. The first-order chi connectivity index (χ1) is 7.96. The van der Waals surface area contributed by atoms with Crippen molar-refractivity contribution in [3.63, 3.8) is 0 Å². The Balaban J connectivity index is 2.48. The monoisotopic (exact) mass is 244 g/mol. The van der Waals surface area contributed by atoms with Crippen molar-refractivity contribution in [2.75, 3.05) is 19.8 Å². The fourth-order valence-electron chi connectivity index (χ4n) is 1.88. The highest BCUT2D eigenvalue weighted by atomic mass is 16.5. The molecule has 1 rings (SSSR count). The molecule has 0 unspecified atom stereocenters. The van der Waals surface area contributed by atoms with Gasteiger partial charge in [-0.1, -0.05) is 13.8 Å². The van der Waals surface area contributed by atoms with Crippen molar-refractivity contribution >= 4 is 5.91 Å². The van der Waals surface area contributed by atoms with E-state index < -0.39 is 11.1 Å². The molecule has 1 amide bonds. The van der Waals surface area contributed by atoms with Crippen LogP contribution in [0.5, 0.6) is 0 Å². The quantitative estimate of drug-likeness (QED) is 0.643. The Labute approximate surface area is 103 Å². The van der Waals surface area contributed by atoms with Crippen LogP contribution in [0.4, 0.5) is 0 Å². The molecule has 0 bridgehead atoms. The molecule has 100 valence electrons. The summed E-state index contributed by atoms with van der Waals surface area (Å²) in [6.45, 7) is 5.12. The highest BCUT2D eigenvalue weighted by Gasteiger charge is 2.36. The zero-order valence-corrected chi connectivity index (χ0v) is 10.8. The summed E-state index contributed by atoms with van der Waals surface area (Å²) in [5.41, 5.74) is 4.39. The topological polar surface area (TPSA) is 84.6 Å². The fourth-order valence-corrected chi connectivity index (χ4v) is 1.88. The summed E-state index contributed by atoms with van der Waals surface area (Å²) in [6.07, 6.45) is 2.31. The van der Waals surface area contributed by atoms with Gasteiger partial charge in [0.2, 0.25) is 5.91 Å². The smallest absolute Gasteiger partial charge is 0.240 e. The van der Waals surface area contributed by atoms with Crippen LogP contribution in [0.25, 0.3) is 0 Å². The molecule has 0 atom stereocenters. The highest BCUT2D eigenvalue weighted by molar-refractivity contribution is 5.86. The molecule has 5 nitrogen and oxygen atoms in total. The molecule has 0 aromatic rings. The summed E-state index contributed by atoms with van der Waals surface area (Å²) < 4.78 is 5.19. The van der Waals surface area contributed by atoms with Gasteiger partial charge in [-0.15, -0.1) is 0 Å². The fraction of sp³-hybridized carbons (Fsp3) is 0.917. The normalized spacial score (nSPS) is 20.0. The van der Waals surface area contributed by atoms with Crippen LogP contribution in [0, 0.1) is 0 Å². The molecular weight excluding hydrogens is 220 g/mol. The third kappa shape index (κ3) is 3.66. The standard InChI is InChI=1S/C12H24N2O3/c1-3-11(16,4-2)9-14-10(15)12(13)5-7-17-8-6-12/h16H,3-9,13H2,1-2H3,(H,14,15). The first kappa shape index (κ1) is 14.4. The summed E-state index contributed by atoms with van der Waals surface area (Å²) in [4.78, 5) is 12.0. The summed E-state index contributed by atoms with van der Waals surface area (Å²) >= 11 is 0. The summed E-state index contributed by atoms with van der Waals surface area (Å²) in [5, 5.41) is 12.8. The Morgan fingerprint density at radius 2 is 1.94 bits per heavy atom. The Kier molecular flexibility index (Phi) is 4.91. The molecule has 1 saturated heterocycles. The largest absolute Gasteiger partial charge is 0.388 e. The summed E-state index contributed by atoms with van der Waals surface area (Å²) in [5.74, 6) is -0.180. The van der Waals surface area contributed by atoms with Crippen molar-refractivity contribution in [1.29, 1.82) is 0 Å². The average Bonchev–Trinajstić information content (AvgIpc) is 2.36. The van der Waals surface area contributed by atoms with Gasteiger partial charge in [-0.3, -0.25) is 4.79 Å².